The lowest BCUT2D eigenvalue weighted by Gasteiger charge is -2.10. The summed E-state index contributed by atoms with van der Waals surface area (Å²) in [6.07, 6.45) is 0. The molecule has 0 unspecified atom stereocenters. The summed E-state index contributed by atoms with van der Waals surface area (Å²) in [5.74, 6) is 0.00852. The molecular weight excluding hydrogens is 379 g/mol. The van der Waals surface area contributed by atoms with E-state index < -0.39 is 5.24 Å². The Balaban J connectivity index is 2.39. The van der Waals surface area contributed by atoms with Crippen LogP contribution in [-0.2, 0) is 4.79 Å². The van der Waals surface area contributed by atoms with Gasteiger partial charge in [0.2, 0.25) is 0 Å². The maximum atomic E-state index is 12.5. The summed E-state index contributed by atoms with van der Waals surface area (Å²) in [5, 5.41) is -0.247. The van der Waals surface area contributed by atoms with E-state index >= 15 is 0 Å². The van der Waals surface area contributed by atoms with Gasteiger partial charge in [0.05, 0.1) is 5.56 Å². The van der Waals surface area contributed by atoms with E-state index in [4.69, 9.17) is 27.9 Å². The van der Waals surface area contributed by atoms with E-state index in [2.05, 4.69) is 15.9 Å². The van der Waals surface area contributed by atoms with Gasteiger partial charge in [0, 0.05) is 15.1 Å². The van der Waals surface area contributed by atoms with Crippen molar-refractivity contribution in [1.29, 1.82) is 0 Å². The number of hydrogen-bond donors (Lipinski definition) is 0. The standard InChI is InChI=1S/C15H9BrCl2O3/c16-10-3-1-2-9(6-10)15(20)12-7-11(17)4-5-13(12)21-8-14(18)19/h1-7H,8H2. The van der Waals surface area contributed by atoms with Crippen LogP contribution in [0.1, 0.15) is 15.9 Å². The molecule has 2 rings (SSSR count). The topological polar surface area (TPSA) is 43.4 Å². The minimum Gasteiger partial charge on any atom is -0.484 e. The van der Waals surface area contributed by atoms with Gasteiger partial charge in [-0.3, -0.25) is 9.59 Å². The van der Waals surface area contributed by atoms with Crippen molar-refractivity contribution >= 4 is 50.2 Å². The fourth-order valence-corrected chi connectivity index (χ4v) is 2.35. The highest BCUT2D eigenvalue weighted by atomic mass is 79.9. The SMILES string of the molecule is O=C(Cl)COc1ccc(Cl)cc1C(=O)c1cccc(Br)c1. The molecule has 2 aromatic rings. The van der Waals surface area contributed by atoms with E-state index in [9.17, 15) is 9.59 Å². The Morgan fingerprint density at radius 1 is 1.14 bits per heavy atom. The number of ketones is 1. The lowest BCUT2D eigenvalue weighted by molar-refractivity contribution is -0.113. The van der Waals surface area contributed by atoms with Crippen molar-refractivity contribution in [3.05, 3.63) is 63.1 Å². The Morgan fingerprint density at radius 2 is 1.90 bits per heavy atom. The van der Waals surface area contributed by atoms with Gasteiger partial charge in [-0.15, -0.1) is 0 Å². The van der Waals surface area contributed by atoms with E-state index in [-0.39, 0.29) is 23.7 Å². The predicted octanol–water partition coefficient (Wildman–Crippen LogP) is 4.48. The van der Waals surface area contributed by atoms with Gasteiger partial charge < -0.3 is 4.74 Å². The average Bonchev–Trinajstić information content (AvgIpc) is 2.45. The molecule has 0 radical (unpaired) electrons. The third-order valence-corrected chi connectivity index (χ3v) is 3.45. The summed E-state index contributed by atoms with van der Waals surface area (Å²) >= 11 is 14.5. The van der Waals surface area contributed by atoms with Crippen molar-refractivity contribution in [1.82, 2.24) is 0 Å². The maximum Gasteiger partial charge on any atom is 0.259 e. The molecule has 2 aromatic carbocycles. The zero-order valence-electron chi connectivity index (χ0n) is 10.6. The first-order chi connectivity index (χ1) is 9.97. The fourth-order valence-electron chi connectivity index (χ4n) is 1.73. The highest BCUT2D eigenvalue weighted by Crippen LogP contribution is 2.26. The van der Waals surface area contributed by atoms with Crippen LogP contribution in [0.5, 0.6) is 5.75 Å². The highest BCUT2D eigenvalue weighted by Gasteiger charge is 2.16. The Morgan fingerprint density at radius 3 is 2.57 bits per heavy atom. The Labute approximate surface area is 139 Å². The van der Waals surface area contributed by atoms with Crippen LogP contribution in [0.25, 0.3) is 0 Å². The number of carbonyl (C=O) groups is 2. The van der Waals surface area contributed by atoms with E-state index in [0.717, 1.165) is 4.47 Å². The number of benzene rings is 2. The summed E-state index contributed by atoms with van der Waals surface area (Å²) in [4.78, 5) is 23.3. The third kappa shape index (κ3) is 4.30. The van der Waals surface area contributed by atoms with Crippen molar-refractivity contribution in [3.63, 3.8) is 0 Å². The quantitative estimate of drug-likeness (QED) is 0.561. The van der Waals surface area contributed by atoms with Gasteiger partial charge in [0.15, 0.2) is 12.4 Å². The lowest BCUT2D eigenvalue weighted by atomic mass is 10.0. The molecule has 0 amide bonds. The monoisotopic (exact) mass is 386 g/mol. The molecule has 0 bridgehead atoms. The largest absolute Gasteiger partial charge is 0.484 e. The first-order valence-corrected chi connectivity index (χ1v) is 7.43. The van der Waals surface area contributed by atoms with Gasteiger partial charge in [-0.25, -0.2) is 0 Å². The van der Waals surface area contributed by atoms with E-state index in [1.807, 2.05) is 6.07 Å². The van der Waals surface area contributed by atoms with Gasteiger partial charge in [0.25, 0.3) is 5.24 Å². The van der Waals surface area contributed by atoms with Gasteiger partial charge in [-0.05, 0) is 41.9 Å². The Kier molecular flexibility index (Phi) is 5.39. The first-order valence-electron chi connectivity index (χ1n) is 5.88. The minimum atomic E-state index is -0.647. The second kappa shape index (κ2) is 7.07. The number of halogens is 3. The molecule has 0 atom stereocenters. The molecule has 0 spiro atoms. The molecule has 0 aliphatic heterocycles. The van der Waals surface area contributed by atoms with Crippen LogP contribution in [0.4, 0.5) is 0 Å². The van der Waals surface area contributed by atoms with Crippen molar-refractivity contribution < 1.29 is 14.3 Å². The van der Waals surface area contributed by atoms with Crippen LogP contribution in [-0.4, -0.2) is 17.6 Å². The number of ether oxygens (including phenoxy) is 1. The van der Waals surface area contributed by atoms with E-state index in [1.165, 1.54) is 12.1 Å². The van der Waals surface area contributed by atoms with E-state index in [0.29, 0.717) is 10.6 Å². The molecule has 0 aromatic heterocycles. The normalized spacial score (nSPS) is 10.2. The van der Waals surface area contributed by atoms with Crippen LogP contribution in [0, 0.1) is 0 Å². The van der Waals surface area contributed by atoms with Gasteiger partial charge in [-0.1, -0.05) is 39.7 Å². The van der Waals surface area contributed by atoms with Crippen LogP contribution in [0.15, 0.2) is 46.9 Å². The molecule has 0 saturated carbocycles. The number of carbonyl (C=O) groups excluding carboxylic acids is 2. The minimum absolute atomic E-state index is 0.254. The van der Waals surface area contributed by atoms with Crippen molar-refractivity contribution in [3.8, 4) is 5.75 Å². The summed E-state index contributed by atoms with van der Waals surface area (Å²) in [6, 6.07) is 11.6. The number of hydrogen-bond acceptors (Lipinski definition) is 3. The Bertz CT molecular complexity index is 701. The second-order valence-electron chi connectivity index (χ2n) is 4.12. The van der Waals surface area contributed by atoms with Gasteiger partial charge >= 0.3 is 0 Å². The van der Waals surface area contributed by atoms with Gasteiger partial charge in [0.1, 0.15) is 5.75 Å². The van der Waals surface area contributed by atoms with Gasteiger partial charge in [-0.2, -0.15) is 0 Å². The summed E-state index contributed by atoms with van der Waals surface area (Å²) in [6.45, 7) is -0.318. The molecule has 21 heavy (non-hydrogen) atoms. The molecule has 108 valence electrons. The molecular formula is C15H9BrCl2O3. The van der Waals surface area contributed by atoms with Crippen molar-refractivity contribution in [2.45, 2.75) is 0 Å². The summed E-state index contributed by atoms with van der Waals surface area (Å²) in [5.41, 5.74) is 0.757. The maximum absolute atomic E-state index is 12.5. The van der Waals surface area contributed by atoms with Crippen LogP contribution in [0.2, 0.25) is 5.02 Å². The third-order valence-electron chi connectivity index (χ3n) is 2.61. The zero-order chi connectivity index (χ0) is 15.4. The van der Waals surface area contributed by atoms with Crippen LogP contribution in [0.3, 0.4) is 0 Å². The molecule has 0 fully saturated rings. The molecule has 3 nitrogen and oxygen atoms in total. The van der Waals surface area contributed by atoms with Crippen molar-refractivity contribution in [2.24, 2.45) is 0 Å². The van der Waals surface area contributed by atoms with Crippen LogP contribution < -0.4 is 4.74 Å². The van der Waals surface area contributed by atoms with Crippen LogP contribution >= 0.6 is 39.1 Å². The molecule has 0 aliphatic carbocycles. The zero-order valence-corrected chi connectivity index (χ0v) is 13.7. The summed E-state index contributed by atoms with van der Waals surface area (Å²) in [7, 11) is 0. The first kappa shape index (κ1) is 16.0. The molecule has 0 N–H and O–H groups in total. The van der Waals surface area contributed by atoms with E-state index in [1.54, 1.807) is 24.3 Å². The molecule has 6 heteroatoms. The highest BCUT2D eigenvalue weighted by molar-refractivity contribution is 9.10. The lowest BCUT2D eigenvalue weighted by Crippen LogP contribution is -2.09. The molecule has 0 heterocycles. The second-order valence-corrected chi connectivity index (χ2v) is 5.90. The molecule has 0 saturated heterocycles. The average molecular weight is 388 g/mol. The van der Waals surface area contributed by atoms with Crippen molar-refractivity contribution in [2.75, 3.05) is 6.61 Å². The smallest absolute Gasteiger partial charge is 0.259 e. The summed E-state index contributed by atoms with van der Waals surface area (Å²) < 4.78 is 6.04. The fraction of sp³-hybridized carbons (Fsp3) is 0.0667. The Hall–Kier alpha value is -1.36. The number of rotatable bonds is 5. The molecule has 0 aliphatic rings. The predicted molar refractivity (Wildman–Crippen MR) is 85.4 cm³/mol.